The summed E-state index contributed by atoms with van der Waals surface area (Å²) in [6, 6.07) is 4.86. The van der Waals surface area contributed by atoms with Crippen LogP contribution >= 0.6 is 0 Å². The molecule has 0 saturated heterocycles. The Kier molecular flexibility index (Phi) is 6.46. The average molecular weight is 276 g/mol. The second-order valence-electron chi connectivity index (χ2n) is 7.20. The van der Waals surface area contributed by atoms with Crippen molar-refractivity contribution in [1.82, 2.24) is 10.6 Å². The Morgan fingerprint density at radius 2 is 1.70 bits per heavy atom. The molecule has 1 saturated carbocycles. The van der Waals surface area contributed by atoms with Crippen LogP contribution in [0.25, 0.3) is 0 Å². The van der Waals surface area contributed by atoms with Crippen LogP contribution in [0.4, 0.5) is 0 Å². The number of rotatable bonds is 7. The lowest BCUT2D eigenvalue weighted by Gasteiger charge is -2.47. The van der Waals surface area contributed by atoms with Gasteiger partial charge in [0.1, 0.15) is 0 Å². The molecule has 112 valence electrons. The van der Waals surface area contributed by atoms with Crippen LogP contribution in [0.2, 0.25) is 0 Å². The van der Waals surface area contributed by atoms with Crippen molar-refractivity contribution in [2.45, 2.75) is 58.9 Å². The fraction of sp³-hybridized carbons (Fsp3) is 0.875. The van der Waals surface area contributed by atoms with Crippen LogP contribution in [-0.4, -0.2) is 25.7 Å². The van der Waals surface area contributed by atoms with Crippen molar-refractivity contribution in [3.8, 4) is 12.1 Å². The molecule has 1 aliphatic carbocycles. The summed E-state index contributed by atoms with van der Waals surface area (Å²) in [4.78, 5) is 0. The first-order chi connectivity index (χ1) is 9.41. The van der Waals surface area contributed by atoms with Crippen LogP contribution in [-0.2, 0) is 0 Å². The van der Waals surface area contributed by atoms with Gasteiger partial charge in [0, 0.05) is 38.5 Å². The van der Waals surface area contributed by atoms with Gasteiger partial charge in [-0.2, -0.15) is 10.5 Å². The SMILES string of the molecule is CC1(C)C[C@@H](NCCC#N)C[C@@](C)(CNCCC#N)C1. The first kappa shape index (κ1) is 17.0. The predicted molar refractivity (Wildman–Crippen MR) is 80.9 cm³/mol. The van der Waals surface area contributed by atoms with Gasteiger partial charge in [-0.15, -0.1) is 0 Å². The first-order valence-corrected chi connectivity index (χ1v) is 7.59. The predicted octanol–water partition coefficient (Wildman–Crippen LogP) is 2.58. The minimum absolute atomic E-state index is 0.265. The van der Waals surface area contributed by atoms with Crippen LogP contribution in [0.1, 0.15) is 52.9 Å². The van der Waals surface area contributed by atoms with Crippen LogP contribution in [0, 0.1) is 33.5 Å². The third-order valence-electron chi connectivity index (χ3n) is 4.08. The van der Waals surface area contributed by atoms with Gasteiger partial charge in [0.05, 0.1) is 12.1 Å². The molecule has 0 aromatic carbocycles. The number of hydrogen-bond acceptors (Lipinski definition) is 4. The summed E-state index contributed by atoms with van der Waals surface area (Å²) in [7, 11) is 0. The molecule has 1 rings (SSSR count). The minimum Gasteiger partial charge on any atom is -0.315 e. The molecule has 0 aliphatic heterocycles. The van der Waals surface area contributed by atoms with E-state index in [1.807, 2.05) is 0 Å². The lowest BCUT2D eigenvalue weighted by molar-refractivity contribution is 0.0709. The van der Waals surface area contributed by atoms with Gasteiger partial charge in [0.2, 0.25) is 0 Å². The standard InChI is InChI=1S/C16H28N4/c1-15(2)10-14(20-9-5-7-18)11-16(3,12-15)13-19-8-4-6-17/h14,19-20H,4-5,8-13H2,1-3H3/t14-,16-/m1/s1. The van der Waals surface area contributed by atoms with Gasteiger partial charge in [-0.3, -0.25) is 0 Å². The molecule has 4 nitrogen and oxygen atoms in total. The van der Waals surface area contributed by atoms with Crippen molar-refractivity contribution in [1.29, 1.82) is 10.5 Å². The number of hydrogen-bond donors (Lipinski definition) is 2. The Balaban J connectivity index is 2.52. The zero-order chi connectivity index (χ0) is 15.1. The van der Waals surface area contributed by atoms with Gasteiger partial charge >= 0.3 is 0 Å². The van der Waals surface area contributed by atoms with Crippen molar-refractivity contribution < 1.29 is 0 Å². The molecule has 0 bridgehead atoms. The van der Waals surface area contributed by atoms with Crippen molar-refractivity contribution >= 4 is 0 Å². The molecule has 0 heterocycles. The molecule has 1 fully saturated rings. The highest BCUT2D eigenvalue weighted by Crippen LogP contribution is 2.45. The van der Waals surface area contributed by atoms with E-state index in [0.29, 0.717) is 24.3 Å². The molecule has 4 heteroatoms. The normalized spacial score (nSPS) is 28.6. The Labute approximate surface area is 123 Å². The summed E-state index contributed by atoms with van der Waals surface area (Å²) in [6.45, 7) is 9.53. The van der Waals surface area contributed by atoms with Gasteiger partial charge < -0.3 is 10.6 Å². The number of nitriles is 2. The molecule has 2 atom stereocenters. The van der Waals surface area contributed by atoms with Gasteiger partial charge in [0.25, 0.3) is 0 Å². The van der Waals surface area contributed by atoms with Gasteiger partial charge in [-0.25, -0.2) is 0 Å². The third-order valence-corrected chi connectivity index (χ3v) is 4.08. The number of nitrogens with one attached hydrogen (secondary N) is 2. The van der Waals surface area contributed by atoms with E-state index >= 15 is 0 Å². The van der Waals surface area contributed by atoms with Crippen molar-refractivity contribution in [3.05, 3.63) is 0 Å². The summed E-state index contributed by atoms with van der Waals surface area (Å²) in [5.41, 5.74) is 0.593. The maximum absolute atomic E-state index is 8.64. The van der Waals surface area contributed by atoms with Gasteiger partial charge in [0.15, 0.2) is 0 Å². The Bertz CT molecular complexity index is 377. The second kappa shape index (κ2) is 7.62. The molecule has 2 N–H and O–H groups in total. The lowest BCUT2D eigenvalue weighted by Crippen LogP contribution is -2.48. The van der Waals surface area contributed by atoms with Crippen LogP contribution in [0.3, 0.4) is 0 Å². The van der Waals surface area contributed by atoms with E-state index in [-0.39, 0.29) is 5.41 Å². The monoisotopic (exact) mass is 276 g/mol. The minimum atomic E-state index is 0.265. The number of nitrogens with zero attached hydrogens (tertiary/aromatic N) is 2. The molecule has 0 aromatic rings. The van der Waals surface area contributed by atoms with E-state index < -0.39 is 0 Å². The topological polar surface area (TPSA) is 71.6 Å². The fourth-order valence-corrected chi connectivity index (χ4v) is 3.78. The molecule has 0 radical (unpaired) electrons. The zero-order valence-corrected chi connectivity index (χ0v) is 13.1. The second-order valence-corrected chi connectivity index (χ2v) is 7.20. The van der Waals surface area contributed by atoms with Crippen molar-refractivity contribution in [2.75, 3.05) is 19.6 Å². The highest BCUT2D eigenvalue weighted by atomic mass is 14.9. The quantitative estimate of drug-likeness (QED) is 0.701. The Morgan fingerprint density at radius 3 is 2.35 bits per heavy atom. The molecule has 0 amide bonds. The molecule has 0 unspecified atom stereocenters. The highest BCUT2D eigenvalue weighted by molar-refractivity contribution is 4.95. The fourth-order valence-electron chi connectivity index (χ4n) is 3.78. The van der Waals surface area contributed by atoms with Crippen molar-refractivity contribution in [3.63, 3.8) is 0 Å². The summed E-state index contributed by atoms with van der Waals surface area (Å²) in [6.07, 6.45) is 4.67. The molecule has 0 aromatic heterocycles. The largest absolute Gasteiger partial charge is 0.315 e. The van der Waals surface area contributed by atoms with E-state index in [1.165, 1.54) is 12.8 Å². The summed E-state index contributed by atoms with van der Waals surface area (Å²) in [5, 5.41) is 24.2. The maximum Gasteiger partial charge on any atom is 0.0635 e. The van der Waals surface area contributed by atoms with E-state index in [0.717, 1.165) is 26.1 Å². The summed E-state index contributed by atoms with van der Waals surface area (Å²) >= 11 is 0. The Morgan fingerprint density at radius 1 is 1.05 bits per heavy atom. The maximum atomic E-state index is 8.64. The van der Waals surface area contributed by atoms with E-state index in [9.17, 15) is 0 Å². The zero-order valence-electron chi connectivity index (χ0n) is 13.1. The Hall–Kier alpha value is -1.10. The van der Waals surface area contributed by atoms with E-state index in [1.54, 1.807) is 0 Å². The van der Waals surface area contributed by atoms with Crippen LogP contribution in [0.15, 0.2) is 0 Å². The van der Waals surface area contributed by atoms with E-state index in [2.05, 4.69) is 43.5 Å². The first-order valence-electron chi connectivity index (χ1n) is 7.59. The lowest BCUT2D eigenvalue weighted by atomic mass is 9.62. The van der Waals surface area contributed by atoms with E-state index in [4.69, 9.17) is 10.5 Å². The molecule has 0 spiro atoms. The smallest absolute Gasteiger partial charge is 0.0635 e. The molecule has 20 heavy (non-hydrogen) atoms. The summed E-state index contributed by atoms with van der Waals surface area (Å²) in [5.74, 6) is 0. The van der Waals surface area contributed by atoms with Crippen molar-refractivity contribution in [2.24, 2.45) is 10.8 Å². The molecular weight excluding hydrogens is 248 g/mol. The summed E-state index contributed by atoms with van der Waals surface area (Å²) < 4.78 is 0. The average Bonchev–Trinajstić information content (AvgIpc) is 2.33. The molecule has 1 aliphatic rings. The van der Waals surface area contributed by atoms with Crippen LogP contribution < -0.4 is 10.6 Å². The molecular formula is C16H28N4. The highest BCUT2D eigenvalue weighted by Gasteiger charge is 2.40. The van der Waals surface area contributed by atoms with Crippen LogP contribution in [0.5, 0.6) is 0 Å². The third kappa shape index (κ3) is 5.90. The van der Waals surface area contributed by atoms with Gasteiger partial charge in [-0.05, 0) is 30.1 Å². The van der Waals surface area contributed by atoms with Gasteiger partial charge in [-0.1, -0.05) is 20.8 Å².